The number of aryl methyl sites for hydroxylation is 2. The Bertz CT molecular complexity index is 610. The molecule has 0 amide bonds. The van der Waals surface area contributed by atoms with Crippen LogP contribution in [0.5, 0.6) is 11.6 Å². The lowest BCUT2D eigenvalue weighted by Gasteiger charge is -2.07. The van der Waals surface area contributed by atoms with Crippen LogP contribution in [0.25, 0.3) is 0 Å². The monoisotopic (exact) mass is 254 g/mol. The van der Waals surface area contributed by atoms with Gasteiger partial charge < -0.3 is 10.5 Å². The lowest BCUT2D eigenvalue weighted by Crippen LogP contribution is -2.01. The Balaban J connectivity index is 2.43. The zero-order valence-electron chi connectivity index (χ0n) is 10.2. The Morgan fingerprint density at radius 3 is 2.50 bits per heavy atom. The van der Waals surface area contributed by atoms with E-state index in [1.165, 1.54) is 0 Å². The normalized spacial score (nSPS) is 10.7. The van der Waals surface area contributed by atoms with Gasteiger partial charge in [-0.15, -0.1) is 0 Å². The van der Waals surface area contributed by atoms with E-state index in [4.69, 9.17) is 10.5 Å². The first-order chi connectivity index (χ1) is 8.40. The first kappa shape index (κ1) is 12.3. The van der Waals surface area contributed by atoms with Crippen LogP contribution in [0.1, 0.15) is 11.4 Å². The molecule has 0 aromatic carbocycles. The summed E-state index contributed by atoms with van der Waals surface area (Å²) < 4.78 is 33.3. The van der Waals surface area contributed by atoms with Crippen LogP contribution in [0.3, 0.4) is 0 Å². The minimum atomic E-state index is -0.917. The number of nitrogens with two attached hydrogens (primary N) is 1. The highest BCUT2D eigenvalue weighted by Crippen LogP contribution is 2.29. The number of anilines is 1. The van der Waals surface area contributed by atoms with Crippen LogP contribution in [0.2, 0.25) is 0 Å². The number of pyridine rings is 1. The SMILES string of the molecule is Cc1nn(C)c(C)c1Oc1nc(N)c(F)cc1F. The summed E-state index contributed by atoms with van der Waals surface area (Å²) in [5.41, 5.74) is 6.56. The summed E-state index contributed by atoms with van der Waals surface area (Å²) in [7, 11) is 1.73. The molecule has 2 heterocycles. The maximum absolute atomic E-state index is 13.5. The highest BCUT2D eigenvalue weighted by atomic mass is 19.1. The number of nitrogen functional groups attached to an aromatic ring is 1. The van der Waals surface area contributed by atoms with Crippen LogP contribution in [0.15, 0.2) is 6.07 Å². The predicted molar refractivity (Wildman–Crippen MR) is 61.3 cm³/mol. The molecule has 2 aromatic heterocycles. The van der Waals surface area contributed by atoms with E-state index >= 15 is 0 Å². The molecular formula is C11H12F2N4O. The largest absolute Gasteiger partial charge is 0.432 e. The van der Waals surface area contributed by atoms with Crippen molar-refractivity contribution in [2.45, 2.75) is 13.8 Å². The molecule has 2 N–H and O–H groups in total. The van der Waals surface area contributed by atoms with Gasteiger partial charge in [-0.3, -0.25) is 4.68 Å². The molecule has 2 aromatic rings. The molecule has 7 heteroatoms. The Morgan fingerprint density at radius 2 is 1.94 bits per heavy atom. The van der Waals surface area contributed by atoms with E-state index in [-0.39, 0.29) is 5.88 Å². The fraction of sp³-hybridized carbons (Fsp3) is 0.273. The second kappa shape index (κ2) is 4.25. The molecule has 0 saturated heterocycles. The van der Waals surface area contributed by atoms with E-state index in [9.17, 15) is 8.78 Å². The zero-order chi connectivity index (χ0) is 13.4. The summed E-state index contributed by atoms with van der Waals surface area (Å²) in [5.74, 6) is -2.22. The van der Waals surface area contributed by atoms with Crippen molar-refractivity contribution in [1.29, 1.82) is 0 Å². The molecule has 18 heavy (non-hydrogen) atoms. The summed E-state index contributed by atoms with van der Waals surface area (Å²) in [6.07, 6.45) is 0. The van der Waals surface area contributed by atoms with Gasteiger partial charge in [0.2, 0.25) is 0 Å². The third kappa shape index (κ3) is 1.99. The van der Waals surface area contributed by atoms with Crippen molar-refractivity contribution in [3.63, 3.8) is 0 Å². The maximum atomic E-state index is 13.5. The zero-order valence-corrected chi connectivity index (χ0v) is 10.2. The fourth-order valence-corrected chi connectivity index (χ4v) is 1.53. The molecule has 0 radical (unpaired) electrons. The summed E-state index contributed by atoms with van der Waals surface area (Å²) in [5, 5.41) is 4.11. The van der Waals surface area contributed by atoms with Gasteiger partial charge in [0.1, 0.15) is 5.69 Å². The average molecular weight is 254 g/mol. The molecule has 0 aliphatic heterocycles. The highest BCUT2D eigenvalue weighted by molar-refractivity contribution is 5.39. The number of nitrogens with zero attached hydrogens (tertiary/aromatic N) is 3. The topological polar surface area (TPSA) is 66.0 Å². The quantitative estimate of drug-likeness (QED) is 0.891. The van der Waals surface area contributed by atoms with Crippen molar-refractivity contribution in [3.05, 3.63) is 29.1 Å². The Labute approximate surface area is 102 Å². The molecule has 0 aliphatic carbocycles. The van der Waals surface area contributed by atoms with E-state index in [0.717, 1.165) is 0 Å². The van der Waals surface area contributed by atoms with Crippen LogP contribution in [-0.2, 0) is 7.05 Å². The Kier molecular flexibility index (Phi) is 2.90. The van der Waals surface area contributed by atoms with Crippen molar-refractivity contribution >= 4 is 5.82 Å². The van der Waals surface area contributed by atoms with Gasteiger partial charge in [-0.2, -0.15) is 10.1 Å². The number of ether oxygens (including phenoxy) is 1. The van der Waals surface area contributed by atoms with Crippen LogP contribution >= 0.6 is 0 Å². The van der Waals surface area contributed by atoms with Gasteiger partial charge >= 0.3 is 0 Å². The van der Waals surface area contributed by atoms with Gasteiger partial charge in [-0.1, -0.05) is 0 Å². The van der Waals surface area contributed by atoms with Crippen molar-refractivity contribution in [2.75, 3.05) is 5.73 Å². The van der Waals surface area contributed by atoms with Gasteiger partial charge in [-0.25, -0.2) is 8.78 Å². The smallest absolute Gasteiger partial charge is 0.258 e. The van der Waals surface area contributed by atoms with Crippen molar-refractivity contribution in [1.82, 2.24) is 14.8 Å². The summed E-state index contributed by atoms with van der Waals surface area (Å²) in [6.45, 7) is 3.48. The van der Waals surface area contributed by atoms with Crippen molar-refractivity contribution < 1.29 is 13.5 Å². The van der Waals surface area contributed by atoms with Gasteiger partial charge in [0.15, 0.2) is 23.2 Å². The number of rotatable bonds is 2. The molecule has 0 fully saturated rings. The molecule has 0 atom stereocenters. The molecule has 0 aliphatic rings. The summed E-state index contributed by atoms with van der Waals surface area (Å²) in [4.78, 5) is 3.53. The molecule has 0 spiro atoms. The lowest BCUT2D eigenvalue weighted by molar-refractivity contribution is 0.413. The first-order valence-electron chi connectivity index (χ1n) is 5.19. The first-order valence-corrected chi connectivity index (χ1v) is 5.19. The molecule has 2 rings (SSSR count). The minimum Gasteiger partial charge on any atom is -0.432 e. The van der Waals surface area contributed by atoms with Crippen LogP contribution < -0.4 is 10.5 Å². The predicted octanol–water partition coefficient (Wildman–Crippen LogP) is 2.08. The number of aromatic nitrogens is 3. The van der Waals surface area contributed by atoms with Gasteiger partial charge in [0.05, 0.1) is 5.69 Å². The number of hydrogen-bond donors (Lipinski definition) is 1. The number of halogens is 2. The van der Waals surface area contributed by atoms with Gasteiger partial charge in [0, 0.05) is 13.1 Å². The fourth-order valence-electron chi connectivity index (χ4n) is 1.53. The van der Waals surface area contributed by atoms with Crippen LogP contribution in [0.4, 0.5) is 14.6 Å². The standard InChI is InChI=1S/C11H12F2N4O/c1-5-9(6(2)17(3)16-5)18-11-8(13)4-7(12)10(14)15-11/h4H,1-3H3,(H2,14,15). The molecule has 0 bridgehead atoms. The maximum Gasteiger partial charge on any atom is 0.258 e. The van der Waals surface area contributed by atoms with Crippen LogP contribution in [0, 0.1) is 25.5 Å². The van der Waals surface area contributed by atoms with E-state index in [1.54, 1.807) is 25.6 Å². The molecule has 0 saturated carbocycles. The summed E-state index contributed by atoms with van der Waals surface area (Å²) in [6, 6.07) is 0.638. The second-order valence-electron chi connectivity index (χ2n) is 3.87. The number of hydrogen-bond acceptors (Lipinski definition) is 4. The Morgan fingerprint density at radius 1 is 1.28 bits per heavy atom. The molecular weight excluding hydrogens is 242 g/mol. The van der Waals surface area contributed by atoms with E-state index < -0.39 is 17.5 Å². The Hall–Kier alpha value is -2.18. The average Bonchev–Trinajstić information content (AvgIpc) is 2.52. The van der Waals surface area contributed by atoms with Gasteiger partial charge in [0.25, 0.3) is 5.88 Å². The van der Waals surface area contributed by atoms with Crippen molar-refractivity contribution in [3.8, 4) is 11.6 Å². The third-order valence-corrected chi connectivity index (χ3v) is 2.57. The van der Waals surface area contributed by atoms with Crippen molar-refractivity contribution in [2.24, 2.45) is 7.05 Å². The molecule has 96 valence electrons. The van der Waals surface area contributed by atoms with E-state index in [2.05, 4.69) is 10.1 Å². The van der Waals surface area contributed by atoms with Crippen LogP contribution in [-0.4, -0.2) is 14.8 Å². The summed E-state index contributed by atoms with van der Waals surface area (Å²) >= 11 is 0. The second-order valence-corrected chi connectivity index (χ2v) is 3.87. The lowest BCUT2D eigenvalue weighted by atomic mass is 10.3. The molecule has 5 nitrogen and oxygen atoms in total. The molecule has 0 unspecified atom stereocenters. The van der Waals surface area contributed by atoms with Gasteiger partial charge in [-0.05, 0) is 13.8 Å². The third-order valence-electron chi connectivity index (χ3n) is 2.57. The van der Waals surface area contributed by atoms with E-state index in [0.29, 0.717) is 23.2 Å². The highest BCUT2D eigenvalue weighted by Gasteiger charge is 2.17. The van der Waals surface area contributed by atoms with E-state index in [1.807, 2.05) is 0 Å². The minimum absolute atomic E-state index is 0.367.